The van der Waals surface area contributed by atoms with Crippen LogP contribution < -0.4 is 0 Å². The van der Waals surface area contributed by atoms with Crippen molar-refractivity contribution in [2.45, 2.75) is 115 Å². The van der Waals surface area contributed by atoms with E-state index in [1.54, 1.807) is 13.8 Å². The van der Waals surface area contributed by atoms with Crippen molar-refractivity contribution in [3.63, 3.8) is 0 Å². The first-order valence-electron chi connectivity index (χ1n) is 12.7. The van der Waals surface area contributed by atoms with Gasteiger partial charge in [-0.1, -0.05) is 48.5 Å². The zero-order valence-electron chi connectivity index (χ0n) is 23.9. The standard InChI is InChI=1S/C16H28FNO2Si.C10H14FNO2.CH2Cl2/c1-9-16(18-6)11(2)13(19)14(12(16)10-17)20-21(7,8)15(3,4)5;1-4-10(12-3)6(2)8(13)9(14)7(10)5-11;2-1-3/h10-11,13-14,19H,9H2,1-5,7-8H3;5-6,8-9,13-14H,4H2,1-2H3;1H2/b12-10-;7-5-;/t11-,13+,14-,16-;6-,8+,9-,10-;/m00./s1. The molecular formula is C27H44Cl2F2N2O4Si. The molecule has 0 heterocycles. The van der Waals surface area contributed by atoms with E-state index in [-0.39, 0.29) is 28.2 Å². The predicted octanol–water partition coefficient (Wildman–Crippen LogP) is 7.01. The van der Waals surface area contributed by atoms with E-state index in [1.165, 1.54) is 0 Å². The smallest absolute Gasteiger partial charge is 0.263 e. The lowest BCUT2D eigenvalue weighted by Crippen LogP contribution is -2.46. The van der Waals surface area contributed by atoms with Crippen LogP contribution in [-0.4, -0.2) is 64.5 Å². The first-order chi connectivity index (χ1) is 17.4. The molecule has 0 aliphatic heterocycles. The summed E-state index contributed by atoms with van der Waals surface area (Å²) in [4.78, 5) is 7.07. The van der Waals surface area contributed by atoms with Crippen molar-refractivity contribution in [1.29, 1.82) is 0 Å². The van der Waals surface area contributed by atoms with Crippen LogP contribution in [0.2, 0.25) is 18.1 Å². The fourth-order valence-corrected chi connectivity index (χ4v) is 6.24. The summed E-state index contributed by atoms with van der Waals surface area (Å²) in [6.45, 7) is 32.1. The van der Waals surface area contributed by atoms with Crippen molar-refractivity contribution in [3.05, 3.63) is 46.6 Å². The van der Waals surface area contributed by atoms with E-state index in [9.17, 15) is 24.1 Å². The van der Waals surface area contributed by atoms with Crippen LogP contribution >= 0.6 is 23.2 Å². The third kappa shape index (κ3) is 6.81. The highest BCUT2D eigenvalue weighted by molar-refractivity contribution is 6.74. The van der Waals surface area contributed by atoms with Crippen LogP contribution in [0.3, 0.4) is 0 Å². The van der Waals surface area contributed by atoms with Gasteiger partial charge in [-0.25, -0.2) is 21.9 Å². The largest absolute Gasteiger partial charge is 0.407 e. The Bertz CT molecular complexity index is 932. The maximum absolute atomic E-state index is 13.6. The van der Waals surface area contributed by atoms with Crippen molar-refractivity contribution in [3.8, 4) is 0 Å². The van der Waals surface area contributed by atoms with Gasteiger partial charge in [0.1, 0.15) is 12.2 Å². The first-order valence-corrected chi connectivity index (χ1v) is 16.6. The Kier molecular flexibility index (Phi) is 14.1. The minimum absolute atomic E-state index is 0.00926. The Morgan fingerprint density at radius 3 is 1.58 bits per heavy atom. The highest BCUT2D eigenvalue weighted by atomic mass is 35.5. The van der Waals surface area contributed by atoms with E-state index in [1.807, 2.05) is 13.8 Å². The average Bonchev–Trinajstić information content (AvgIpc) is 3.18. The average molecular weight is 598 g/mol. The van der Waals surface area contributed by atoms with Gasteiger partial charge in [-0.3, -0.25) is 0 Å². The Morgan fingerprint density at radius 1 is 0.921 bits per heavy atom. The predicted molar refractivity (Wildman–Crippen MR) is 153 cm³/mol. The van der Waals surface area contributed by atoms with Crippen molar-refractivity contribution < 1.29 is 28.5 Å². The number of rotatable bonds is 4. The van der Waals surface area contributed by atoms with Crippen molar-refractivity contribution in [1.82, 2.24) is 0 Å². The molecule has 0 radical (unpaired) electrons. The van der Waals surface area contributed by atoms with Crippen molar-refractivity contribution in [2.24, 2.45) is 11.8 Å². The molecule has 0 unspecified atom stereocenters. The van der Waals surface area contributed by atoms with E-state index in [0.29, 0.717) is 24.7 Å². The van der Waals surface area contributed by atoms with E-state index in [4.69, 9.17) is 40.8 Å². The molecule has 0 bridgehead atoms. The topological polar surface area (TPSA) is 78.6 Å². The van der Waals surface area contributed by atoms with E-state index >= 15 is 0 Å². The van der Waals surface area contributed by atoms with Crippen LogP contribution in [0.1, 0.15) is 61.3 Å². The van der Waals surface area contributed by atoms with Crippen molar-refractivity contribution >= 4 is 31.5 Å². The molecule has 38 heavy (non-hydrogen) atoms. The summed E-state index contributed by atoms with van der Waals surface area (Å²) in [6.07, 6.45) is -2.22. The van der Waals surface area contributed by atoms with Gasteiger partial charge in [0.25, 0.3) is 11.1 Å². The van der Waals surface area contributed by atoms with Gasteiger partial charge in [0, 0.05) is 12.8 Å². The summed E-state index contributed by atoms with van der Waals surface area (Å²) in [5.74, 6) is -0.779. The molecule has 3 N–H and O–H groups in total. The molecule has 2 fully saturated rings. The number of hydrogen-bond acceptors (Lipinski definition) is 4. The molecule has 11 heteroatoms. The van der Waals surface area contributed by atoms with E-state index < -0.39 is 49.7 Å². The maximum Gasteiger partial charge on any atom is 0.263 e. The second-order valence-electron chi connectivity index (χ2n) is 11.3. The zero-order chi connectivity index (χ0) is 30.3. The molecule has 6 nitrogen and oxygen atoms in total. The van der Waals surface area contributed by atoms with Crippen LogP contribution in [0, 0.1) is 25.0 Å². The third-order valence-electron chi connectivity index (χ3n) is 8.73. The van der Waals surface area contributed by atoms with E-state index in [2.05, 4.69) is 43.6 Å². The van der Waals surface area contributed by atoms with Crippen LogP contribution in [0.25, 0.3) is 9.69 Å². The first kappa shape index (κ1) is 37.0. The SMILES string of the molecule is ClCCl.[C-]#[N+][C@]1(CC)/C(=C\F)[C@H](O)[C@H](O)[C@@H]1C.[C-]#[N+][C@]1(CC)/C(=C\F)[C@H](O[Si](C)(C)C(C)(C)C)[C@H](O)[C@@H]1C. The zero-order valence-corrected chi connectivity index (χ0v) is 26.4. The minimum atomic E-state index is -2.16. The molecule has 0 aromatic heterocycles. The highest BCUT2D eigenvalue weighted by Gasteiger charge is 2.62. The highest BCUT2D eigenvalue weighted by Crippen LogP contribution is 2.50. The number of aliphatic hydroxyl groups is 3. The summed E-state index contributed by atoms with van der Waals surface area (Å²) in [6, 6.07) is 0. The Balaban J connectivity index is 0.000000694. The molecular weight excluding hydrogens is 553 g/mol. The van der Waals surface area contributed by atoms with Gasteiger partial charge < -0.3 is 29.4 Å². The second kappa shape index (κ2) is 14.5. The molecule has 0 spiro atoms. The molecule has 2 saturated carbocycles. The van der Waals surface area contributed by atoms with Crippen LogP contribution in [0.5, 0.6) is 0 Å². The molecule has 218 valence electrons. The molecule has 8 atom stereocenters. The minimum Gasteiger partial charge on any atom is -0.407 e. The second-order valence-corrected chi connectivity index (χ2v) is 16.9. The van der Waals surface area contributed by atoms with Crippen molar-refractivity contribution in [2.75, 3.05) is 5.34 Å². The monoisotopic (exact) mass is 596 g/mol. The summed E-state index contributed by atoms with van der Waals surface area (Å²) in [5, 5.41) is 29.8. The Hall–Kier alpha value is -1.04. The number of halogens is 4. The molecule has 0 amide bonds. The molecule has 0 aromatic rings. The van der Waals surface area contributed by atoms with E-state index in [0.717, 1.165) is 0 Å². The Labute approximate surface area is 238 Å². The lowest BCUT2D eigenvalue weighted by atomic mass is 9.83. The maximum atomic E-state index is 13.6. The number of alkyl halides is 2. The van der Waals surface area contributed by atoms with Gasteiger partial charge in [-0.15, -0.1) is 23.2 Å². The number of aliphatic hydroxyl groups excluding tert-OH is 3. The number of nitrogens with zero attached hydrogens (tertiary/aromatic N) is 2. The fraction of sp³-hybridized carbons (Fsp3) is 0.778. The van der Waals surface area contributed by atoms with Crippen LogP contribution in [0.4, 0.5) is 8.78 Å². The Morgan fingerprint density at radius 2 is 1.29 bits per heavy atom. The number of hydrogen-bond donors (Lipinski definition) is 3. The lowest BCUT2D eigenvalue weighted by Gasteiger charge is -2.39. The summed E-state index contributed by atoms with van der Waals surface area (Å²) < 4.78 is 32.4. The molecule has 0 saturated heterocycles. The van der Waals surface area contributed by atoms with Gasteiger partial charge in [-0.05, 0) is 18.1 Å². The molecule has 2 rings (SSSR count). The molecule has 2 aliphatic rings. The summed E-state index contributed by atoms with van der Waals surface area (Å²) in [7, 11) is -2.16. The molecule has 2 aliphatic carbocycles. The van der Waals surface area contributed by atoms with Gasteiger partial charge >= 0.3 is 0 Å². The van der Waals surface area contributed by atoms with Crippen LogP contribution in [0.15, 0.2) is 23.8 Å². The van der Waals surface area contributed by atoms with Crippen LogP contribution in [-0.2, 0) is 4.43 Å². The molecule has 0 aromatic carbocycles. The lowest BCUT2D eigenvalue weighted by molar-refractivity contribution is 0.0324. The summed E-state index contributed by atoms with van der Waals surface area (Å²) in [5.41, 5.74) is -1.74. The van der Waals surface area contributed by atoms with Gasteiger partial charge in [0.05, 0.1) is 53.2 Å². The van der Waals surface area contributed by atoms with Gasteiger partial charge in [0.15, 0.2) is 8.32 Å². The quantitative estimate of drug-likeness (QED) is 0.185. The summed E-state index contributed by atoms with van der Waals surface area (Å²) >= 11 is 9.53. The van der Waals surface area contributed by atoms with Gasteiger partial charge in [-0.2, -0.15) is 0 Å². The normalized spacial score (nSPS) is 37.1. The van der Waals surface area contributed by atoms with Gasteiger partial charge in [0.2, 0.25) is 0 Å². The third-order valence-corrected chi connectivity index (χ3v) is 13.2. The fourth-order valence-electron chi connectivity index (χ4n) is 4.98.